The minimum Gasteiger partial charge on any atom is -0.479 e. The number of nitrogens with one attached hydrogen (secondary N) is 2. The molecular formula is C11H18N4O. The van der Waals surface area contributed by atoms with Crippen LogP contribution in [0.5, 0.6) is 5.75 Å². The van der Waals surface area contributed by atoms with E-state index < -0.39 is 0 Å². The van der Waals surface area contributed by atoms with Crippen molar-refractivity contribution in [3.05, 3.63) is 23.8 Å². The molecule has 1 unspecified atom stereocenters. The highest BCUT2D eigenvalue weighted by Gasteiger charge is 2.15. The molecule has 1 atom stereocenters. The van der Waals surface area contributed by atoms with Gasteiger partial charge < -0.3 is 10.1 Å². The molecule has 0 radical (unpaired) electrons. The minimum atomic E-state index is 0.214. The Morgan fingerprint density at radius 3 is 3.00 bits per heavy atom. The van der Waals surface area contributed by atoms with Crippen LogP contribution in [0, 0.1) is 0 Å². The summed E-state index contributed by atoms with van der Waals surface area (Å²) in [6.07, 6.45) is 0.991. The molecule has 4 N–H and O–H groups in total. The molecule has 1 aromatic rings. The van der Waals surface area contributed by atoms with E-state index in [2.05, 4.69) is 15.8 Å². The molecule has 1 fully saturated rings. The fourth-order valence-corrected chi connectivity index (χ4v) is 1.67. The lowest BCUT2D eigenvalue weighted by atomic mass is 10.1. The third-order valence-electron chi connectivity index (χ3n) is 2.63. The number of nitrogens with zero attached hydrogens (tertiary/aromatic N) is 1. The van der Waals surface area contributed by atoms with Crippen LogP contribution < -0.4 is 21.2 Å². The van der Waals surface area contributed by atoms with E-state index in [9.17, 15) is 0 Å². The number of hydrazine groups is 1. The van der Waals surface area contributed by atoms with E-state index in [1.54, 1.807) is 0 Å². The highest BCUT2D eigenvalue weighted by atomic mass is 16.5. The number of benzene rings is 1. The van der Waals surface area contributed by atoms with Crippen LogP contribution >= 0.6 is 0 Å². The molecule has 0 amide bonds. The van der Waals surface area contributed by atoms with E-state index in [-0.39, 0.29) is 6.73 Å². The first-order valence-electron chi connectivity index (χ1n) is 5.45. The number of nitrogens with two attached hydrogens (primary N) is 1. The lowest BCUT2D eigenvalue weighted by molar-refractivity contribution is 0.329. The third-order valence-corrected chi connectivity index (χ3v) is 2.63. The maximum atomic E-state index is 5.36. The van der Waals surface area contributed by atoms with E-state index in [4.69, 9.17) is 10.5 Å². The summed E-state index contributed by atoms with van der Waals surface area (Å²) < 4.78 is 5.29. The first-order chi connectivity index (χ1) is 7.83. The van der Waals surface area contributed by atoms with Crippen LogP contribution in [0.1, 0.15) is 5.56 Å². The van der Waals surface area contributed by atoms with Crippen molar-refractivity contribution >= 4 is 5.69 Å². The Hall–Kier alpha value is -1.30. The molecular weight excluding hydrogens is 204 g/mol. The van der Waals surface area contributed by atoms with Crippen LogP contribution in [0.2, 0.25) is 0 Å². The standard InChI is InChI=1S/C11H18N4O/c1-13-11-3-2-10(16-7-12)6-9(11)4-5-15-8-14-15/h2-3,6,13-14H,4-5,7-8,12H2,1H3. The van der Waals surface area contributed by atoms with Gasteiger partial charge in [0, 0.05) is 19.3 Å². The van der Waals surface area contributed by atoms with Crippen LogP contribution in [0.25, 0.3) is 0 Å². The van der Waals surface area contributed by atoms with Gasteiger partial charge in [-0.05, 0) is 30.2 Å². The summed E-state index contributed by atoms with van der Waals surface area (Å²) >= 11 is 0. The fraction of sp³-hybridized carbons (Fsp3) is 0.455. The highest BCUT2D eigenvalue weighted by molar-refractivity contribution is 5.54. The SMILES string of the molecule is CNc1ccc(OCN)cc1CCN1CN1. The van der Waals surface area contributed by atoms with Crippen LogP contribution in [0.4, 0.5) is 5.69 Å². The Morgan fingerprint density at radius 1 is 1.56 bits per heavy atom. The molecule has 1 saturated heterocycles. The smallest absolute Gasteiger partial charge is 0.137 e. The first-order valence-corrected chi connectivity index (χ1v) is 5.45. The summed E-state index contributed by atoms with van der Waals surface area (Å²) in [6.45, 7) is 2.22. The molecule has 0 spiro atoms. The van der Waals surface area contributed by atoms with Crippen molar-refractivity contribution in [1.29, 1.82) is 0 Å². The van der Waals surface area contributed by atoms with Gasteiger partial charge in [-0.2, -0.15) is 0 Å². The molecule has 5 heteroatoms. The van der Waals surface area contributed by atoms with E-state index in [1.165, 1.54) is 5.56 Å². The Kier molecular flexibility index (Phi) is 3.61. The van der Waals surface area contributed by atoms with Crippen LogP contribution in [-0.2, 0) is 6.42 Å². The Bertz CT molecular complexity index is 352. The van der Waals surface area contributed by atoms with Gasteiger partial charge >= 0.3 is 0 Å². The zero-order valence-corrected chi connectivity index (χ0v) is 9.49. The van der Waals surface area contributed by atoms with Crippen LogP contribution in [0.3, 0.4) is 0 Å². The topological polar surface area (TPSA) is 72.2 Å². The molecule has 5 nitrogen and oxygen atoms in total. The molecule has 0 bridgehead atoms. The highest BCUT2D eigenvalue weighted by Crippen LogP contribution is 2.22. The summed E-state index contributed by atoms with van der Waals surface area (Å²) in [5, 5.41) is 5.35. The zero-order chi connectivity index (χ0) is 11.4. The predicted molar refractivity (Wildman–Crippen MR) is 64.1 cm³/mol. The number of ether oxygens (including phenoxy) is 1. The number of anilines is 1. The van der Waals surface area contributed by atoms with Crippen molar-refractivity contribution in [1.82, 2.24) is 10.4 Å². The van der Waals surface area contributed by atoms with Gasteiger partial charge in [-0.25, -0.2) is 10.4 Å². The molecule has 16 heavy (non-hydrogen) atoms. The summed E-state index contributed by atoms with van der Waals surface area (Å²) in [5.74, 6) is 0.829. The second kappa shape index (κ2) is 5.16. The van der Waals surface area contributed by atoms with Gasteiger partial charge in [0.25, 0.3) is 0 Å². The van der Waals surface area contributed by atoms with Gasteiger partial charge in [0.05, 0.1) is 6.67 Å². The average Bonchev–Trinajstić information content (AvgIpc) is 3.11. The summed E-state index contributed by atoms with van der Waals surface area (Å²) in [4.78, 5) is 0. The number of hydrogen-bond donors (Lipinski definition) is 3. The van der Waals surface area contributed by atoms with Gasteiger partial charge in [0.1, 0.15) is 12.5 Å². The molecule has 1 heterocycles. The lowest BCUT2D eigenvalue weighted by Crippen LogP contribution is -2.10. The first kappa shape index (κ1) is 11.2. The minimum absolute atomic E-state index is 0.214. The molecule has 88 valence electrons. The largest absolute Gasteiger partial charge is 0.479 e. The maximum Gasteiger partial charge on any atom is 0.137 e. The van der Waals surface area contributed by atoms with E-state index in [0.29, 0.717) is 0 Å². The fourth-order valence-electron chi connectivity index (χ4n) is 1.67. The van der Waals surface area contributed by atoms with Crippen molar-refractivity contribution in [2.45, 2.75) is 6.42 Å². The molecule has 1 aliphatic heterocycles. The predicted octanol–water partition coefficient (Wildman–Crippen LogP) is 0.344. The molecule has 0 aromatic heterocycles. The van der Waals surface area contributed by atoms with Crippen molar-refractivity contribution in [3.63, 3.8) is 0 Å². The Balaban J connectivity index is 2.06. The maximum absolute atomic E-state index is 5.36. The number of hydrogen-bond acceptors (Lipinski definition) is 5. The van der Waals surface area contributed by atoms with Crippen molar-refractivity contribution in [3.8, 4) is 5.75 Å². The van der Waals surface area contributed by atoms with Crippen molar-refractivity contribution in [2.75, 3.05) is 32.3 Å². The van der Waals surface area contributed by atoms with Crippen LogP contribution in [-0.4, -0.2) is 32.0 Å². The van der Waals surface area contributed by atoms with Crippen LogP contribution in [0.15, 0.2) is 18.2 Å². The third kappa shape index (κ3) is 2.85. The summed E-state index contributed by atoms with van der Waals surface area (Å²) in [7, 11) is 1.93. The second-order valence-electron chi connectivity index (χ2n) is 3.71. The average molecular weight is 222 g/mol. The van der Waals surface area contributed by atoms with Gasteiger partial charge in [-0.1, -0.05) is 0 Å². The molecule has 1 aliphatic rings. The Morgan fingerprint density at radius 2 is 2.38 bits per heavy atom. The normalized spacial score (nSPS) is 18.2. The van der Waals surface area contributed by atoms with Gasteiger partial charge in [-0.3, -0.25) is 5.73 Å². The van der Waals surface area contributed by atoms with Gasteiger partial charge in [-0.15, -0.1) is 0 Å². The quantitative estimate of drug-likeness (QED) is 0.478. The second-order valence-corrected chi connectivity index (χ2v) is 3.71. The zero-order valence-electron chi connectivity index (χ0n) is 9.49. The van der Waals surface area contributed by atoms with E-state index in [0.717, 1.165) is 31.1 Å². The van der Waals surface area contributed by atoms with E-state index in [1.807, 2.05) is 25.2 Å². The molecule has 2 rings (SSSR count). The summed E-state index contributed by atoms with van der Waals surface area (Å²) in [5.41, 5.74) is 10.9. The van der Waals surface area contributed by atoms with Crippen molar-refractivity contribution in [2.24, 2.45) is 5.73 Å². The Labute approximate surface area is 95.5 Å². The van der Waals surface area contributed by atoms with Gasteiger partial charge in [0.15, 0.2) is 0 Å². The van der Waals surface area contributed by atoms with E-state index >= 15 is 0 Å². The summed E-state index contributed by atoms with van der Waals surface area (Å²) in [6, 6.07) is 6.00. The lowest BCUT2D eigenvalue weighted by Gasteiger charge is -2.11. The molecule has 1 aromatic carbocycles. The van der Waals surface area contributed by atoms with Gasteiger partial charge in [0.2, 0.25) is 0 Å². The molecule has 0 aliphatic carbocycles. The molecule has 0 saturated carbocycles. The van der Waals surface area contributed by atoms with Crippen molar-refractivity contribution < 1.29 is 4.74 Å². The number of rotatable bonds is 6. The monoisotopic (exact) mass is 222 g/mol.